The smallest absolute Gasteiger partial charge is 0.411 e. The molecule has 7 nitrogen and oxygen atoms in total. The van der Waals surface area contributed by atoms with E-state index in [-0.39, 0.29) is 5.71 Å². The molecule has 0 aliphatic heterocycles. The summed E-state index contributed by atoms with van der Waals surface area (Å²) in [7, 11) is 1.27. The van der Waals surface area contributed by atoms with Crippen molar-refractivity contribution in [2.45, 2.75) is 0 Å². The van der Waals surface area contributed by atoms with E-state index in [1.807, 2.05) is 0 Å². The minimum atomic E-state index is -0.565. The number of rotatable bonds is 3. The van der Waals surface area contributed by atoms with Crippen LogP contribution >= 0.6 is 0 Å². The third-order valence-corrected chi connectivity index (χ3v) is 1.83. The van der Waals surface area contributed by atoms with Crippen molar-refractivity contribution in [3.8, 4) is 12.1 Å². The molecule has 0 aromatic heterocycles. The Kier molecular flexibility index (Phi) is 4.70. The van der Waals surface area contributed by atoms with Gasteiger partial charge in [-0.05, 0) is 24.3 Å². The summed E-state index contributed by atoms with van der Waals surface area (Å²) in [6, 6.07) is 9.73. The predicted octanol–water partition coefficient (Wildman–Crippen LogP) is 1.68. The molecule has 1 aromatic rings. The van der Waals surface area contributed by atoms with E-state index in [0.717, 1.165) is 0 Å². The summed E-state index contributed by atoms with van der Waals surface area (Å²) >= 11 is 0. The van der Waals surface area contributed by atoms with E-state index in [4.69, 9.17) is 10.5 Å². The maximum Gasteiger partial charge on any atom is 0.411 e. The van der Waals surface area contributed by atoms with Crippen LogP contribution in [0.25, 0.3) is 0 Å². The highest BCUT2D eigenvalue weighted by Crippen LogP contribution is 2.13. The number of anilines is 2. The molecule has 0 saturated heterocycles. The molecule has 0 aliphatic carbocycles. The standard InChI is InChI=1S/C11H9N5O2/c1-18-11(17)14-8-2-4-9(5-3-8)15-16-10(6-12)7-13/h2-5,15H,1H3,(H,14,17). The lowest BCUT2D eigenvalue weighted by Crippen LogP contribution is -2.10. The van der Waals surface area contributed by atoms with Gasteiger partial charge in [-0.15, -0.1) is 0 Å². The molecule has 1 aromatic carbocycles. The highest BCUT2D eigenvalue weighted by Gasteiger charge is 2.00. The number of benzene rings is 1. The molecule has 0 spiro atoms. The first-order valence-corrected chi connectivity index (χ1v) is 4.78. The lowest BCUT2D eigenvalue weighted by Gasteiger charge is -2.04. The van der Waals surface area contributed by atoms with Gasteiger partial charge in [0.1, 0.15) is 12.1 Å². The first-order valence-electron chi connectivity index (χ1n) is 4.78. The van der Waals surface area contributed by atoms with E-state index in [2.05, 4.69) is 20.6 Å². The molecule has 0 fully saturated rings. The van der Waals surface area contributed by atoms with E-state index >= 15 is 0 Å². The fourth-order valence-corrected chi connectivity index (χ4v) is 0.992. The van der Waals surface area contributed by atoms with Crippen LogP contribution in [0.2, 0.25) is 0 Å². The number of hydrogen-bond acceptors (Lipinski definition) is 6. The van der Waals surface area contributed by atoms with Gasteiger partial charge in [-0.1, -0.05) is 0 Å². The second kappa shape index (κ2) is 6.51. The van der Waals surface area contributed by atoms with Crippen LogP contribution in [0.5, 0.6) is 0 Å². The summed E-state index contributed by atoms with van der Waals surface area (Å²) in [5.74, 6) is 0. The fraction of sp³-hybridized carbons (Fsp3) is 0.0909. The third-order valence-electron chi connectivity index (χ3n) is 1.83. The highest BCUT2D eigenvalue weighted by atomic mass is 16.5. The molecule has 7 heteroatoms. The largest absolute Gasteiger partial charge is 0.453 e. The van der Waals surface area contributed by atoms with Gasteiger partial charge in [-0.25, -0.2) is 4.79 Å². The Morgan fingerprint density at radius 3 is 2.28 bits per heavy atom. The van der Waals surface area contributed by atoms with Crippen LogP contribution in [0.15, 0.2) is 29.4 Å². The number of nitrogens with zero attached hydrogens (tertiary/aromatic N) is 3. The maximum absolute atomic E-state index is 10.9. The van der Waals surface area contributed by atoms with Gasteiger partial charge in [0.25, 0.3) is 0 Å². The van der Waals surface area contributed by atoms with Crippen LogP contribution in [0, 0.1) is 22.7 Å². The topological polar surface area (TPSA) is 110 Å². The molecule has 18 heavy (non-hydrogen) atoms. The Hall–Kier alpha value is -3.06. The summed E-state index contributed by atoms with van der Waals surface area (Å²) in [6.07, 6.45) is -0.565. The molecule has 0 saturated carbocycles. The molecule has 2 N–H and O–H groups in total. The fourth-order valence-electron chi connectivity index (χ4n) is 0.992. The molecule has 0 unspecified atom stereocenters. The maximum atomic E-state index is 10.9. The van der Waals surface area contributed by atoms with Crippen molar-refractivity contribution in [3.05, 3.63) is 24.3 Å². The molecular formula is C11H9N5O2. The van der Waals surface area contributed by atoms with Gasteiger partial charge < -0.3 is 4.74 Å². The minimum Gasteiger partial charge on any atom is -0.453 e. The van der Waals surface area contributed by atoms with Crippen molar-refractivity contribution < 1.29 is 9.53 Å². The zero-order valence-corrected chi connectivity index (χ0v) is 9.47. The SMILES string of the molecule is COC(=O)Nc1ccc(NN=C(C#N)C#N)cc1. The Morgan fingerprint density at radius 1 is 1.22 bits per heavy atom. The molecule has 0 atom stereocenters. The van der Waals surface area contributed by atoms with E-state index in [0.29, 0.717) is 11.4 Å². The minimum absolute atomic E-state index is 0.272. The van der Waals surface area contributed by atoms with E-state index in [1.165, 1.54) is 7.11 Å². The summed E-state index contributed by atoms with van der Waals surface area (Å²) in [4.78, 5) is 10.9. The zero-order valence-electron chi connectivity index (χ0n) is 9.47. The summed E-state index contributed by atoms with van der Waals surface area (Å²) < 4.78 is 4.43. The van der Waals surface area contributed by atoms with E-state index < -0.39 is 6.09 Å². The Labute approximate surface area is 103 Å². The summed E-state index contributed by atoms with van der Waals surface area (Å²) in [6.45, 7) is 0. The molecular weight excluding hydrogens is 234 g/mol. The van der Waals surface area contributed by atoms with Crippen LogP contribution in [-0.2, 0) is 4.74 Å². The van der Waals surface area contributed by atoms with Crippen molar-refractivity contribution in [1.29, 1.82) is 10.5 Å². The third kappa shape index (κ3) is 3.83. The number of carbonyl (C=O) groups excluding carboxylic acids is 1. The van der Waals surface area contributed by atoms with Gasteiger partial charge in [-0.2, -0.15) is 15.6 Å². The molecule has 0 bridgehead atoms. The van der Waals surface area contributed by atoms with Crippen LogP contribution in [-0.4, -0.2) is 18.9 Å². The first-order chi connectivity index (χ1) is 8.69. The monoisotopic (exact) mass is 243 g/mol. The lowest BCUT2D eigenvalue weighted by molar-refractivity contribution is 0.187. The van der Waals surface area contributed by atoms with Gasteiger partial charge in [0, 0.05) is 5.69 Å². The second-order valence-corrected chi connectivity index (χ2v) is 2.99. The number of hydrogen-bond donors (Lipinski definition) is 2. The van der Waals surface area contributed by atoms with Crippen LogP contribution in [0.4, 0.5) is 16.2 Å². The lowest BCUT2D eigenvalue weighted by atomic mass is 10.3. The highest BCUT2D eigenvalue weighted by molar-refractivity contribution is 6.10. The molecule has 0 aliphatic rings. The normalized spacial score (nSPS) is 8.39. The first kappa shape index (κ1) is 13.0. The molecule has 1 rings (SSSR count). The van der Waals surface area contributed by atoms with Gasteiger partial charge in [0.2, 0.25) is 5.71 Å². The molecule has 1 amide bonds. The number of nitrogens with one attached hydrogen (secondary N) is 2. The summed E-state index contributed by atoms with van der Waals surface area (Å²) in [5, 5.41) is 23.0. The molecule has 0 radical (unpaired) electrons. The van der Waals surface area contributed by atoms with E-state index in [9.17, 15) is 4.79 Å². The number of ether oxygens (including phenoxy) is 1. The average Bonchev–Trinajstić information content (AvgIpc) is 2.41. The number of carbonyl (C=O) groups is 1. The number of amides is 1. The Morgan fingerprint density at radius 2 is 1.78 bits per heavy atom. The Balaban J connectivity index is 2.67. The van der Waals surface area contributed by atoms with Gasteiger partial charge in [-0.3, -0.25) is 10.7 Å². The number of hydrazone groups is 1. The van der Waals surface area contributed by atoms with Gasteiger partial charge in [0.15, 0.2) is 0 Å². The molecule has 90 valence electrons. The van der Waals surface area contributed by atoms with Crippen molar-refractivity contribution >= 4 is 23.2 Å². The van der Waals surface area contributed by atoms with Crippen molar-refractivity contribution in [2.75, 3.05) is 17.9 Å². The number of methoxy groups -OCH3 is 1. The van der Waals surface area contributed by atoms with Crippen molar-refractivity contribution in [3.63, 3.8) is 0 Å². The average molecular weight is 243 g/mol. The van der Waals surface area contributed by atoms with Gasteiger partial charge in [0.05, 0.1) is 12.8 Å². The second-order valence-electron chi connectivity index (χ2n) is 2.99. The van der Waals surface area contributed by atoms with Crippen LogP contribution < -0.4 is 10.7 Å². The van der Waals surface area contributed by atoms with Crippen molar-refractivity contribution in [2.24, 2.45) is 5.10 Å². The molecule has 0 heterocycles. The van der Waals surface area contributed by atoms with Crippen molar-refractivity contribution in [1.82, 2.24) is 0 Å². The van der Waals surface area contributed by atoms with Crippen LogP contribution in [0.3, 0.4) is 0 Å². The number of nitriles is 2. The zero-order chi connectivity index (χ0) is 13.4. The summed E-state index contributed by atoms with van der Waals surface area (Å²) in [5.41, 5.74) is 3.40. The van der Waals surface area contributed by atoms with Gasteiger partial charge >= 0.3 is 6.09 Å². The quantitative estimate of drug-likeness (QED) is 0.619. The Bertz CT molecular complexity index is 520. The van der Waals surface area contributed by atoms with Crippen LogP contribution in [0.1, 0.15) is 0 Å². The van der Waals surface area contributed by atoms with E-state index in [1.54, 1.807) is 36.4 Å². The predicted molar refractivity (Wildman–Crippen MR) is 64.8 cm³/mol.